The number of aromatic nitrogens is 5. The van der Waals surface area contributed by atoms with Crippen LogP contribution in [0.2, 0.25) is 0 Å². The van der Waals surface area contributed by atoms with Gasteiger partial charge in [-0.3, -0.25) is 9.97 Å². The summed E-state index contributed by atoms with van der Waals surface area (Å²) in [7, 11) is 0. The van der Waals surface area contributed by atoms with Crippen LogP contribution in [0, 0.1) is 0 Å². The quantitative estimate of drug-likeness (QED) is 0.172. The highest BCUT2D eigenvalue weighted by molar-refractivity contribution is 6.03. The summed E-state index contributed by atoms with van der Waals surface area (Å²) in [4.78, 5) is 24.6. The van der Waals surface area contributed by atoms with Crippen LogP contribution in [0.25, 0.3) is 110 Å². The third-order valence-corrected chi connectivity index (χ3v) is 10.5. The number of fused-ring (bicyclic) bond motifs is 7. The van der Waals surface area contributed by atoms with Gasteiger partial charge in [0.05, 0.1) is 44.7 Å². The van der Waals surface area contributed by atoms with Gasteiger partial charge >= 0.3 is 0 Å². The van der Waals surface area contributed by atoms with Gasteiger partial charge < -0.3 is 0 Å². The molecule has 5 nitrogen and oxygen atoms in total. The molecule has 5 aromatic heterocycles. The normalized spacial score (nSPS) is 11.7. The molecule has 250 valence electrons. The fourth-order valence-corrected chi connectivity index (χ4v) is 7.66. The average Bonchev–Trinajstić information content (AvgIpc) is 3.24. The number of nitrogens with zero attached hydrogens (tertiary/aromatic N) is 5. The Morgan fingerprint density at radius 3 is 1.43 bits per heavy atom. The van der Waals surface area contributed by atoms with Gasteiger partial charge in [-0.15, -0.1) is 0 Å². The van der Waals surface area contributed by atoms with E-state index in [4.69, 9.17) is 15.0 Å². The predicted octanol–water partition coefficient (Wildman–Crippen LogP) is 12.2. The first kappa shape index (κ1) is 30.3. The Hall–Kier alpha value is -7.37. The maximum atomic E-state index is 5.16. The van der Waals surface area contributed by atoms with Crippen LogP contribution < -0.4 is 0 Å². The Morgan fingerprint density at radius 2 is 0.741 bits per heavy atom. The summed E-state index contributed by atoms with van der Waals surface area (Å²) < 4.78 is 0. The van der Waals surface area contributed by atoms with Crippen molar-refractivity contribution in [3.05, 3.63) is 176 Å². The molecule has 0 saturated carbocycles. The SMILES string of the molecule is c1cnc2c(-c3ccc4ccc(-c5ccc6ccc(-c7ccc8cc(-c9ccc%10ccc%11cccnc%11c%10n9)ccc8c7)nc6c5)cc4n3)cccc2c1. The predicted molar refractivity (Wildman–Crippen MR) is 222 cm³/mol. The van der Waals surface area contributed by atoms with E-state index in [1.807, 2.05) is 24.5 Å². The number of pyridine rings is 5. The Balaban J connectivity index is 0.920. The molecule has 0 spiro atoms. The van der Waals surface area contributed by atoms with Crippen molar-refractivity contribution in [3.8, 4) is 44.9 Å². The topological polar surface area (TPSA) is 64.5 Å². The fourth-order valence-electron chi connectivity index (χ4n) is 7.66. The van der Waals surface area contributed by atoms with Crippen molar-refractivity contribution in [1.82, 2.24) is 24.9 Å². The third-order valence-electron chi connectivity index (χ3n) is 10.5. The van der Waals surface area contributed by atoms with Crippen molar-refractivity contribution >= 4 is 65.3 Å². The molecule has 0 aliphatic heterocycles. The molecule has 0 N–H and O–H groups in total. The largest absolute Gasteiger partial charge is 0.256 e. The van der Waals surface area contributed by atoms with Crippen LogP contribution >= 0.6 is 0 Å². The summed E-state index contributed by atoms with van der Waals surface area (Å²) in [5.74, 6) is 0. The molecule has 0 atom stereocenters. The molecule has 0 aliphatic carbocycles. The van der Waals surface area contributed by atoms with Crippen molar-refractivity contribution < 1.29 is 0 Å². The smallest absolute Gasteiger partial charge is 0.0972 e. The van der Waals surface area contributed by atoms with Crippen LogP contribution in [0.4, 0.5) is 0 Å². The molecule has 0 amide bonds. The molecule has 11 aromatic rings. The number of hydrogen-bond donors (Lipinski definition) is 0. The highest BCUT2D eigenvalue weighted by atomic mass is 14.8. The molecule has 54 heavy (non-hydrogen) atoms. The van der Waals surface area contributed by atoms with Crippen LogP contribution in [0.1, 0.15) is 0 Å². The van der Waals surface area contributed by atoms with Gasteiger partial charge in [0.2, 0.25) is 0 Å². The molecule has 0 fully saturated rings. The van der Waals surface area contributed by atoms with E-state index in [9.17, 15) is 0 Å². The molecule has 0 saturated heterocycles. The first-order valence-corrected chi connectivity index (χ1v) is 18.1. The number of rotatable bonds is 4. The molecule has 11 rings (SSSR count). The van der Waals surface area contributed by atoms with Crippen molar-refractivity contribution in [2.75, 3.05) is 0 Å². The average molecular weight is 688 g/mol. The minimum Gasteiger partial charge on any atom is -0.256 e. The van der Waals surface area contributed by atoms with E-state index < -0.39 is 0 Å². The van der Waals surface area contributed by atoms with E-state index in [0.29, 0.717) is 0 Å². The van der Waals surface area contributed by atoms with Gasteiger partial charge in [0.15, 0.2) is 0 Å². The van der Waals surface area contributed by atoms with Crippen molar-refractivity contribution in [2.24, 2.45) is 0 Å². The van der Waals surface area contributed by atoms with Gasteiger partial charge in [0.25, 0.3) is 0 Å². The number of benzene rings is 6. The minimum atomic E-state index is 0.914. The van der Waals surface area contributed by atoms with Crippen LogP contribution in [0.3, 0.4) is 0 Å². The Labute approximate surface area is 310 Å². The zero-order chi connectivity index (χ0) is 35.6. The van der Waals surface area contributed by atoms with E-state index in [-0.39, 0.29) is 0 Å². The van der Waals surface area contributed by atoms with Gasteiger partial charge in [0, 0.05) is 56.0 Å². The minimum absolute atomic E-state index is 0.914. The lowest BCUT2D eigenvalue weighted by Crippen LogP contribution is -1.90. The van der Waals surface area contributed by atoms with E-state index in [1.165, 1.54) is 0 Å². The van der Waals surface area contributed by atoms with E-state index in [1.54, 1.807) is 0 Å². The lowest BCUT2D eigenvalue weighted by atomic mass is 9.99. The molecule has 6 aromatic carbocycles. The highest BCUT2D eigenvalue weighted by Crippen LogP contribution is 2.33. The molecule has 0 bridgehead atoms. The maximum Gasteiger partial charge on any atom is 0.0972 e. The zero-order valence-electron chi connectivity index (χ0n) is 29.0. The Bertz CT molecular complexity index is 3290. The summed E-state index contributed by atoms with van der Waals surface area (Å²) in [6.45, 7) is 0. The van der Waals surface area contributed by atoms with Crippen molar-refractivity contribution in [3.63, 3.8) is 0 Å². The van der Waals surface area contributed by atoms with Gasteiger partial charge in [-0.2, -0.15) is 0 Å². The van der Waals surface area contributed by atoms with E-state index in [0.717, 1.165) is 110 Å². The fraction of sp³-hybridized carbons (Fsp3) is 0. The molecule has 0 aliphatic rings. The zero-order valence-corrected chi connectivity index (χ0v) is 29.0. The molecule has 5 heterocycles. The van der Waals surface area contributed by atoms with Crippen molar-refractivity contribution in [2.45, 2.75) is 0 Å². The second kappa shape index (κ2) is 12.1. The monoisotopic (exact) mass is 687 g/mol. The third kappa shape index (κ3) is 5.13. The van der Waals surface area contributed by atoms with Crippen LogP contribution in [-0.2, 0) is 0 Å². The second-order valence-electron chi connectivity index (χ2n) is 13.8. The van der Waals surface area contributed by atoms with Gasteiger partial charge in [0.1, 0.15) is 0 Å². The summed E-state index contributed by atoms with van der Waals surface area (Å²) in [5, 5.41) is 7.79. The first-order chi connectivity index (χ1) is 26.7. The first-order valence-electron chi connectivity index (χ1n) is 18.1. The summed E-state index contributed by atoms with van der Waals surface area (Å²) in [5.41, 5.74) is 12.9. The summed E-state index contributed by atoms with van der Waals surface area (Å²) in [6, 6.07) is 57.4. The lowest BCUT2D eigenvalue weighted by molar-refractivity contribution is 1.37. The van der Waals surface area contributed by atoms with Gasteiger partial charge in [-0.25, -0.2) is 15.0 Å². The van der Waals surface area contributed by atoms with Crippen LogP contribution in [-0.4, -0.2) is 24.9 Å². The van der Waals surface area contributed by atoms with Gasteiger partial charge in [-0.1, -0.05) is 109 Å². The van der Waals surface area contributed by atoms with Crippen LogP contribution in [0.15, 0.2) is 176 Å². The summed E-state index contributed by atoms with van der Waals surface area (Å²) >= 11 is 0. The molecule has 0 unspecified atom stereocenters. The second-order valence-corrected chi connectivity index (χ2v) is 13.8. The molecular formula is C49H29N5. The van der Waals surface area contributed by atoms with E-state index >= 15 is 0 Å². The molecule has 5 heteroatoms. The number of para-hydroxylation sites is 1. The highest BCUT2D eigenvalue weighted by Gasteiger charge is 2.11. The maximum absolute atomic E-state index is 5.16. The lowest BCUT2D eigenvalue weighted by Gasteiger charge is -2.10. The molecular weight excluding hydrogens is 659 g/mol. The van der Waals surface area contributed by atoms with E-state index in [2.05, 4.69) is 162 Å². The van der Waals surface area contributed by atoms with Gasteiger partial charge in [-0.05, 0) is 76.5 Å². The molecule has 0 radical (unpaired) electrons. The summed E-state index contributed by atoms with van der Waals surface area (Å²) in [6.07, 6.45) is 3.67. The standard InChI is InChI=1S/C49H29N5/c1-4-32-5-2-24-50-47(32)41(7-1)44-23-19-31-9-13-38(29-46(31)53-44)37-12-8-30-18-21-42(52-45(30)28-37)39-16-14-36-27-40(17-15-35(36)26-39)43-22-20-34-11-10-33-6-3-25-51-48(33)49(34)54-43/h1-29H. The Kier molecular flexibility index (Phi) is 6.79. The van der Waals surface area contributed by atoms with Crippen LogP contribution in [0.5, 0.6) is 0 Å². The number of hydrogen-bond acceptors (Lipinski definition) is 5. The Morgan fingerprint density at radius 1 is 0.278 bits per heavy atom. The van der Waals surface area contributed by atoms with Crippen molar-refractivity contribution in [1.29, 1.82) is 0 Å².